The van der Waals surface area contributed by atoms with Gasteiger partial charge in [0.2, 0.25) is 9.84 Å². The van der Waals surface area contributed by atoms with Crippen molar-refractivity contribution in [1.29, 1.82) is 0 Å². The van der Waals surface area contributed by atoms with Crippen LogP contribution in [0.25, 0.3) is 11.1 Å². The Bertz CT molecular complexity index is 1410. The van der Waals surface area contributed by atoms with Gasteiger partial charge in [-0.25, -0.2) is 26.6 Å². The van der Waals surface area contributed by atoms with Crippen LogP contribution in [-0.2, 0) is 32.4 Å². The maximum atomic E-state index is 13.1. The van der Waals surface area contributed by atoms with Crippen molar-refractivity contribution in [3.05, 3.63) is 59.2 Å². The lowest BCUT2D eigenvalue weighted by molar-refractivity contribution is -0.137. The minimum Gasteiger partial charge on any atom is -0.465 e. The predicted octanol–water partition coefficient (Wildman–Crippen LogP) is 3.83. The smallest absolute Gasteiger partial charge is 0.416 e. The number of benzene rings is 2. The Labute approximate surface area is 190 Å². The first kappa shape index (κ1) is 24.7. The highest BCUT2D eigenvalue weighted by Gasteiger charge is 2.30. The molecule has 8 nitrogen and oxygen atoms in total. The maximum absolute atomic E-state index is 13.1. The van der Waals surface area contributed by atoms with Gasteiger partial charge in [0.25, 0.3) is 0 Å². The van der Waals surface area contributed by atoms with E-state index < -0.39 is 42.4 Å². The molecule has 1 aromatic heterocycles. The zero-order valence-electron chi connectivity index (χ0n) is 16.6. The van der Waals surface area contributed by atoms with Crippen molar-refractivity contribution in [3.8, 4) is 11.1 Å². The second-order valence-electron chi connectivity index (χ2n) is 6.78. The third-order valence-corrected chi connectivity index (χ3v) is 8.64. The Kier molecular flexibility index (Phi) is 6.55. The molecule has 1 amide bonds. The van der Waals surface area contributed by atoms with Gasteiger partial charge in [-0.3, -0.25) is 0 Å². The monoisotopic (exact) mass is 520 g/mol. The van der Waals surface area contributed by atoms with E-state index in [4.69, 9.17) is 5.11 Å². The molecule has 0 unspecified atom stereocenters. The normalized spacial score (nSPS) is 12.5. The maximum Gasteiger partial charge on any atom is 0.416 e. The third kappa shape index (κ3) is 5.69. The molecule has 0 saturated carbocycles. The Morgan fingerprint density at radius 2 is 1.64 bits per heavy atom. The summed E-state index contributed by atoms with van der Waals surface area (Å²) < 4.78 is 88.9. The van der Waals surface area contributed by atoms with E-state index in [0.717, 1.165) is 48.9 Å². The number of nitrogens with zero attached hydrogens (tertiary/aromatic N) is 1. The SMILES string of the molecule is CS(=O)(=O)c1cc(-c2ccc(C(F)(F)F)cc2)cc(S(=O)(=O)c2cnc(CNC(=O)O)s2)c1. The highest BCUT2D eigenvalue weighted by Crippen LogP contribution is 2.34. The fourth-order valence-corrected chi connectivity index (χ4v) is 6.07. The summed E-state index contributed by atoms with van der Waals surface area (Å²) in [5, 5.41) is 10.9. The van der Waals surface area contributed by atoms with Crippen LogP contribution in [-0.4, -0.2) is 39.3 Å². The molecule has 0 spiro atoms. The summed E-state index contributed by atoms with van der Waals surface area (Å²) in [6.07, 6.45) is -4.00. The zero-order chi connectivity index (χ0) is 24.6. The van der Waals surface area contributed by atoms with Gasteiger partial charge in [-0.1, -0.05) is 12.1 Å². The molecule has 2 N–H and O–H groups in total. The van der Waals surface area contributed by atoms with Crippen LogP contribution in [0.5, 0.6) is 0 Å². The lowest BCUT2D eigenvalue weighted by Gasteiger charge is -2.11. The van der Waals surface area contributed by atoms with Gasteiger partial charge in [-0.15, -0.1) is 11.3 Å². The second kappa shape index (κ2) is 8.76. The summed E-state index contributed by atoms with van der Waals surface area (Å²) in [5.41, 5.74) is -0.645. The molecule has 14 heteroatoms. The summed E-state index contributed by atoms with van der Waals surface area (Å²) in [6.45, 7) is -0.226. The first-order valence-electron chi connectivity index (χ1n) is 8.87. The fourth-order valence-electron chi connectivity index (χ4n) is 2.73. The van der Waals surface area contributed by atoms with E-state index in [-0.39, 0.29) is 31.8 Å². The molecule has 0 bridgehead atoms. The van der Waals surface area contributed by atoms with Gasteiger partial charge >= 0.3 is 12.3 Å². The number of amides is 1. The van der Waals surface area contributed by atoms with E-state index in [1.54, 1.807) is 0 Å². The molecule has 0 aliphatic carbocycles. The molecule has 3 rings (SSSR count). The van der Waals surface area contributed by atoms with Crippen molar-refractivity contribution in [3.63, 3.8) is 0 Å². The number of thiazole rings is 1. The van der Waals surface area contributed by atoms with Crippen LogP contribution < -0.4 is 5.32 Å². The first-order valence-corrected chi connectivity index (χ1v) is 13.1. The third-order valence-electron chi connectivity index (χ3n) is 4.35. The minimum atomic E-state index is -4.57. The fraction of sp³-hybridized carbons (Fsp3) is 0.158. The van der Waals surface area contributed by atoms with Crippen molar-refractivity contribution >= 4 is 37.1 Å². The van der Waals surface area contributed by atoms with Crippen LogP contribution in [0.4, 0.5) is 18.0 Å². The van der Waals surface area contributed by atoms with Gasteiger partial charge in [-0.2, -0.15) is 13.2 Å². The van der Waals surface area contributed by atoms with Gasteiger partial charge in [0.1, 0.15) is 9.22 Å². The molecular weight excluding hydrogens is 505 g/mol. The van der Waals surface area contributed by atoms with E-state index in [0.29, 0.717) is 11.3 Å². The summed E-state index contributed by atoms with van der Waals surface area (Å²) in [5.74, 6) is 0. The Balaban J connectivity index is 2.09. The molecular formula is C19H15F3N2O6S3. The molecule has 33 heavy (non-hydrogen) atoms. The van der Waals surface area contributed by atoms with Gasteiger partial charge < -0.3 is 10.4 Å². The average molecular weight is 521 g/mol. The van der Waals surface area contributed by atoms with E-state index in [9.17, 15) is 34.8 Å². The van der Waals surface area contributed by atoms with Crippen molar-refractivity contribution in [2.45, 2.75) is 26.7 Å². The molecule has 0 aliphatic rings. The Morgan fingerprint density at radius 1 is 1.03 bits per heavy atom. The molecule has 0 fully saturated rings. The lowest BCUT2D eigenvalue weighted by Crippen LogP contribution is -2.19. The summed E-state index contributed by atoms with van der Waals surface area (Å²) >= 11 is 0.697. The molecule has 176 valence electrons. The van der Waals surface area contributed by atoms with E-state index >= 15 is 0 Å². The van der Waals surface area contributed by atoms with Gasteiger partial charge in [0, 0.05) is 6.26 Å². The summed E-state index contributed by atoms with van der Waals surface area (Å²) in [6, 6.07) is 7.12. The molecule has 0 saturated heterocycles. The van der Waals surface area contributed by atoms with Crippen molar-refractivity contribution in [2.24, 2.45) is 0 Å². The minimum absolute atomic E-state index is 0.0857. The largest absolute Gasteiger partial charge is 0.465 e. The van der Waals surface area contributed by atoms with E-state index in [1.807, 2.05) is 0 Å². The molecule has 0 atom stereocenters. The molecule has 0 aliphatic heterocycles. The van der Waals surface area contributed by atoms with Crippen molar-refractivity contribution in [1.82, 2.24) is 10.3 Å². The number of hydrogen-bond acceptors (Lipinski definition) is 7. The van der Waals surface area contributed by atoms with Crippen LogP contribution in [0.3, 0.4) is 0 Å². The van der Waals surface area contributed by atoms with Crippen molar-refractivity contribution < 1.29 is 39.9 Å². The van der Waals surface area contributed by atoms with Crippen LogP contribution >= 0.6 is 11.3 Å². The standard InChI is InChI=1S/C19H15F3N2O6S3/c1-32(27,28)14-6-12(11-2-4-13(5-3-11)19(20,21)22)7-15(8-14)33(29,30)17-10-23-16(31-17)9-24-18(25)26/h2-8,10,24H,9H2,1H3,(H,25,26). The number of nitrogens with one attached hydrogen (secondary N) is 1. The predicted molar refractivity (Wildman–Crippen MR) is 112 cm³/mol. The topological polar surface area (TPSA) is 130 Å². The number of aromatic nitrogens is 1. The number of sulfone groups is 2. The number of rotatable bonds is 6. The quantitative estimate of drug-likeness (QED) is 0.505. The average Bonchev–Trinajstić information content (AvgIpc) is 3.21. The Morgan fingerprint density at radius 3 is 2.18 bits per heavy atom. The number of alkyl halides is 3. The van der Waals surface area contributed by atoms with Crippen LogP contribution in [0.1, 0.15) is 10.6 Å². The zero-order valence-corrected chi connectivity index (χ0v) is 19.1. The van der Waals surface area contributed by atoms with Crippen LogP contribution in [0, 0.1) is 0 Å². The van der Waals surface area contributed by atoms with Gasteiger partial charge in [-0.05, 0) is 41.5 Å². The van der Waals surface area contributed by atoms with Gasteiger partial charge in [0.05, 0.1) is 28.1 Å². The second-order valence-corrected chi connectivity index (χ2v) is 12.1. The first-order chi connectivity index (χ1) is 15.2. The molecule has 2 aromatic carbocycles. The Hall–Kier alpha value is -2.97. The number of hydrogen-bond donors (Lipinski definition) is 2. The number of carboxylic acid groups (broad SMARTS) is 1. The van der Waals surface area contributed by atoms with E-state index in [1.165, 1.54) is 6.07 Å². The molecule has 1 heterocycles. The summed E-state index contributed by atoms with van der Waals surface area (Å²) in [4.78, 5) is 13.7. The van der Waals surface area contributed by atoms with Crippen molar-refractivity contribution in [2.75, 3.05) is 6.26 Å². The number of halogens is 3. The van der Waals surface area contributed by atoms with E-state index in [2.05, 4.69) is 10.3 Å². The highest BCUT2D eigenvalue weighted by atomic mass is 32.2. The summed E-state index contributed by atoms with van der Waals surface area (Å²) in [7, 11) is -8.14. The number of carbonyl (C=O) groups is 1. The lowest BCUT2D eigenvalue weighted by atomic mass is 10.0. The molecule has 3 aromatic rings. The molecule has 0 radical (unpaired) electrons. The van der Waals surface area contributed by atoms with Crippen LogP contribution in [0.15, 0.2) is 62.7 Å². The highest BCUT2D eigenvalue weighted by molar-refractivity contribution is 7.93. The van der Waals surface area contributed by atoms with Crippen LogP contribution in [0.2, 0.25) is 0 Å². The van der Waals surface area contributed by atoms with Gasteiger partial charge in [0.15, 0.2) is 9.84 Å².